The Bertz CT molecular complexity index is 284. The smallest absolute Gasteiger partial charge is 0.0239 e. The van der Waals surface area contributed by atoms with Crippen molar-refractivity contribution in [1.82, 2.24) is 4.90 Å². The summed E-state index contributed by atoms with van der Waals surface area (Å²) in [6, 6.07) is 2.67. The molecule has 2 unspecified atom stereocenters. The molecule has 84 valence electrons. The maximum Gasteiger partial charge on any atom is 0.0239 e. The van der Waals surface area contributed by atoms with Crippen LogP contribution in [0.1, 0.15) is 24.8 Å². The van der Waals surface area contributed by atoms with Gasteiger partial charge in [0.25, 0.3) is 0 Å². The zero-order valence-corrected chi connectivity index (χ0v) is 10.2. The minimum atomic E-state index is 0.463. The number of hydrogen-bond acceptors (Lipinski definition) is 3. The highest BCUT2D eigenvalue weighted by molar-refractivity contribution is 7.07. The largest absolute Gasteiger partial charge is 0.328 e. The fourth-order valence-corrected chi connectivity index (χ4v) is 3.14. The third-order valence-corrected chi connectivity index (χ3v) is 3.92. The van der Waals surface area contributed by atoms with E-state index >= 15 is 0 Å². The van der Waals surface area contributed by atoms with Crippen molar-refractivity contribution in [3.63, 3.8) is 0 Å². The Labute approximate surface area is 96.1 Å². The number of rotatable bonds is 4. The van der Waals surface area contributed by atoms with Crippen molar-refractivity contribution < 1.29 is 0 Å². The summed E-state index contributed by atoms with van der Waals surface area (Å²) in [6.07, 6.45) is 3.75. The molecule has 0 spiro atoms. The van der Waals surface area contributed by atoms with E-state index in [9.17, 15) is 0 Å². The third kappa shape index (κ3) is 3.30. The van der Waals surface area contributed by atoms with E-state index in [1.165, 1.54) is 31.4 Å². The molecule has 15 heavy (non-hydrogen) atoms. The molecular weight excluding hydrogens is 204 g/mol. The van der Waals surface area contributed by atoms with Gasteiger partial charge in [0.05, 0.1) is 0 Å². The van der Waals surface area contributed by atoms with Crippen LogP contribution in [0, 0.1) is 5.92 Å². The van der Waals surface area contributed by atoms with Gasteiger partial charge in [0.15, 0.2) is 0 Å². The molecule has 1 aromatic heterocycles. The summed E-state index contributed by atoms with van der Waals surface area (Å²) >= 11 is 1.78. The van der Waals surface area contributed by atoms with Gasteiger partial charge in [-0.05, 0) is 54.6 Å². The van der Waals surface area contributed by atoms with Crippen LogP contribution in [0.2, 0.25) is 0 Å². The lowest BCUT2D eigenvalue weighted by molar-refractivity contribution is 0.270. The summed E-state index contributed by atoms with van der Waals surface area (Å²) in [5, 5.41) is 4.38. The van der Waals surface area contributed by atoms with E-state index in [2.05, 4.69) is 28.8 Å². The summed E-state index contributed by atoms with van der Waals surface area (Å²) in [5.74, 6) is 0.823. The Morgan fingerprint density at radius 1 is 1.53 bits per heavy atom. The van der Waals surface area contributed by atoms with Crippen LogP contribution in [-0.2, 0) is 6.54 Å². The lowest BCUT2D eigenvalue weighted by Crippen LogP contribution is -2.25. The number of hydrogen-bond donors (Lipinski definition) is 1. The highest BCUT2D eigenvalue weighted by Gasteiger charge is 2.22. The van der Waals surface area contributed by atoms with Gasteiger partial charge in [-0.2, -0.15) is 11.3 Å². The first kappa shape index (κ1) is 11.1. The Balaban J connectivity index is 1.75. The summed E-state index contributed by atoms with van der Waals surface area (Å²) in [6.45, 7) is 2.28. The molecule has 2 nitrogen and oxygen atoms in total. The minimum absolute atomic E-state index is 0.463. The zero-order chi connectivity index (χ0) is 10.7. The second kappa shape index (κ2) is 5.10. The highest BCUT2D eigenvalue weighted by atomic mass is 32.1. The topological polar surface area (TPSA) is 29.3 Å². The number of thiophene rings is 1. The van der Waals surface area contributed by atoms with Crippen molar-refractivity contribution in [2.24, 2.45) is 11.7 Å². The van der Waals surface area contributed by atoms with E-state index in [0.717, 1.165) is 12.5 Å². The van der Waals surface area contributed by atoms with E-state index in [4.69, 9.17) is 5.73 Å². The molecule has 1 aliphatic carbocycles. The number of nitrogens with two attached hydrogens (primary N) is 1. The van der Waals surface area contributed by atoms with Gasteiger partial charge >= 0.3 is 0 Å². The average Bonchev–Trinajstić information content (AvgIpc) is 2.77. The molecule has 0 aromatic carbocycles. The first-order valence-corrected chi connectivity index (χ1v) is 6.63. The molecule has 1 heterocycles. The molecule has 2 rings (SSSR count). The molecule has 0 bridgehead atoms. The molecule has 0 aliphatic heterocycles. The van der Waals surface area contributed by atoms with Crippen molar-refractivity contribution >= 4 is 11.3 Å². The molecule has 1 aromatic rings. The normalized spacial score (nSPS) is 26.3. The Hall–Kier alpha value is -0.380. The Morgan fingerprint density at radius 2 is 2.40 bits per heavy atom. The second-order valence-corrected chi connectivity index (χ2v) is 5.55. The van der Waals surface area contributed by atoms with Crippen molar-refractivity contribution in [1.29, 1.82) is 0 Å². The van der Waals surface area contributed by atoms with E-state index in [-0.39, 0.29) is 0 Å². The van der Waals surface area contributed by atoms with Gasteiger partial charge in [-0.1, -0.05) is 0 Å². The zero-order valence-electron chi connectivity index (χ0n) is 9.36. The second-order valence-electron chi connectivity index (χ2n) is 4.77. The quantitative estimate of drug-likeness (QED) is 0.850. The summed E-state index contributed by atoms with van der Waals surface area (Å²) in [5.41, 5.74) is 7.36. The molecule has 3 heteroatoms. The van der Waals surface area contributed by atoms with Gasteiger partial charge in [0.2, 0.25) is 0 Å². The van der Waals surface area contributed by atoms with E-state index in [1.807, 2.05) is 0 Å². The number of nitrogens with zero attached hydrogens (tertiary/aromatic N) is 1. The maximum atomic E-state index is 5.92. The lowest BCUT2D eigenvalue weighted by Gasteiger charge is -2.20. The molecule has 1 aliphatic rings. The van der Waals surface area contributed by atoms with Crippen LogP contribution in [0.15, 0.2) is 16.8 Å². The van der Waals surface area contributed by atoms with Crippen LogP contribution < -0.4 is 5.73 Å². The van der Waals surface area contributed by atoms with Crippen molar-refractivity contribution in [2.45, 2.75) is 31.8 Å². The molecular formula is C12H20N2S. The maximum absolute atomic E-state index is 5.92. The molecule has 2 N–H and O–H groups in total. The lowest BCUT2D eigenvalue weighted by atomic mass is 10.1. The molecule has 0 saturated heterocycles. The summed E-state index contributed by atoms with van der Waals surface area (Å²) in [4.78, 5) is 2.42. The van der Waals surface area contributed by atoms with Crippen molar-refractivity contribution in [3.05, 3.63) is 22.4 Å². The molecule has 0 radical (unpaired) electrons. The van der Waals surface area contributed by atoms with Crippen LogP contribution in [0.25, 0.3) is 0 Å². The van der Waals surface area contributed by atoms with Gasteiger partial charge in [0.1, 0.15) is 0 Å². The van der Waals surface area contributed by atoms with Crippen molar-refractivity contribution in [2.75, 3.05) is 13.6 Å². The average molecular weight is 224 g/mol. The van der Waals surface area contributed by atoms with Crippen molar-refractivity contribution in [3.8, 4) is 0 Å². The summed E-state index contributed by atoms with van der Waals surface area (Å²) in [7, 11) is 2.21. The monoisotopic (exact) mass is 224 g/mol. The standard InChI is InChI=1S/C12H20N2S/c1-14(8-11-4-5-15-9-11)7-10-2-3-12(13)6-10/h4-5,9-10,12H,2-3,6-8,13H2,1H3. The predicted molar refractivity (Wildman–Crippen MR) is 66.0 cm³/mol. The van der Waals surface area contributed by atoms with Crippen LogP contribution in [0.3, 0.4) is 0 Å². The third-order valence-electron chi connectivity index (χ3n) is 3.18. The first-order chi connectivity index (χ1) is 7.24. The molecule has 1 fully saturated rings. The van der Waals surface area contributed by atoms with Crippen LogP contribution in [0.5, 0.6) is 0 Å². The Morgan fingerprint density at radius 3 is 3.00 bits per heavy atom. The molecule has 0 amide bonds. The van der Waals surface area contributed by atoms with Crippen LogP contribution in [0.4, 0.5) is 0 Å². The summed E-state index contributed by atoms with van der Waals surface area (Å²) < 4.78 is 0. The van der Waals surface area contributed by atoms with E-state index in [1.54, 1.807) is 11.3 Å². The van der Waals surface area contributed by atoms with Gasteiger partial charge in [-0.3, -0.25) is 0 Å². The highest BCUT2D eigenvalue weighted by Crippen LogP contribution is 2.25. The van der Waals surface area contributed by atoms with Gasteiger partial charge in [-0.25, -0.2) is 0 Å². The fourth-order valence-electron chi connectivity index (χ4n) is 2.48. The van der Waals surface area contributed by atoms with E-state index < -0.39 is 0 Å². The van der Waals surface area contributed by atoms with E-state index in [0.29, 0.717) is 6.04 Å². The van der Waals surface area contributed by atoms with Crippen LogP contribution >= 0.6 is 11.3 Å². The van der Waals surface area contributed by atoms with Gasteiger partial charge in [0, 0.05) is 19.1 Å². The molecule has 2 atom stereocenters. The minimum Gasteiger partial charge on any atom is -0.328 e. The van der Waals surface area contributed by atoms with Gasteiger partial charge < -0.3 is 10.6 Å². The first-order valence-electron chi connectivity index (χ1n) is 5.69. The van der Waals surface area contributed by atoms with Crippen LogP contribution in [-0.4, -0.2) is 24.5 Å². The Kier molecular flexibility index (Phi) is 3.78. The fraction of sp³-hybridized carbons (Fsp3) is 0.667. The molecule has 1 saturated carbocycles. The predicted octanol–water partition coefficient (Wildman–Crippen LogP) is 2.31. The SMILES string of the molecule is CN(Cc1ccsc1)CC1CCC(N)C1. The van der Waals surface area contributed by atoms with Gasteiger partial charge in [-0.15, -0.1) is 0 Å².